The zero-order valence-corrected chi connectivity index (χ0v) is 13.6. The Balaban J connectivity index is 4.43. The van der Waals surface area contributed by atoms with Crippen LogP contribution in [-0.4, -0.2) is 44.0 Å². The number of ether oxygens (including phenoxy) is 2. The Kier molecular flexibility index (Phi) is 11.7. The summed E-state index contributed by atoms with van der Waals surface area (Å²) in [6.45, 7) is 9.36. The van der Waals surface area contributed by atoms with E-state index >= 15 is 0 Å². The van der Waals surface area contributed by atoms with Gasteiger partial charge in [0.05, 0.1) is 25.0 Å². The molecule has 0 amide bonds. The van der Waals surface area contributed by atoms with Gasteiger partial charge < -0.3 is 19.4 Å². The predicted molar refractivity (Wildman–Crippen MR) is 80.7 cm³/mol. The molecule has 1 N–H and O–H groups in total. The number of hydrogen-bond acceptors (Lipinski definition) is 5. The molecule has 0 aliphatic heterocycles. The van der Waals surface area contributed by atoms with Crippen molar-refractivity contribution in [2.45, 2.75) is 53.1 Å². The smallest absolute Gasteiger partial charge is 0.216 e. The lowest BCUT2D eigenvalue weighted by Crippen LogP contribution is -2.30. The van der Waals surface area contributed by atoms with Gasteiger partial charge in [-0.3, -0.25) is 0 Å². The summed E-state index contributed by atoms with van der Waals surface area (Å²) in [6, 6.07) is 0. The highest BCUT2D eigenvalue weighted by Crippen LogP contribution is 2.19. The molecule has 0 aliphatic rings. The number of hydrogen-bond donors (Lipinski definition) is 1. The third-order valence-corrected chi connectivity index (χ3v) is 3.43. The average Bonchev–Trinajstić information content (AvgIpc) is 2.45. The van der Waals surface area contributed by atoms with Gasteiger partial charge in [-0.25, -0.2) is 0 Å². The Morgan fingerprint density at radius 1 is 1.20 bits per heavy atom. The average molecular weight is 289 g/mol. The van der Waals surface area contributed by atoms with E-state index in [1.807, 2.05) is 13.8 Å². The Morgan fingerprint density at radius 2 is 1.90 bits per heavy atom. The molecule has 0 fully saturated rings. The maximum Gasteiger partial charge on any atom is 0.216 e. The van der Waals surface area contributed by atoms with E-state index in [1.54, 1.807) is 7.11 Å². The minimum absolute atomic E-state index is 0.000486. The Bertz CT molecular complexity index is 258. The summed E-state index contributed by atoms with van der Waals surface area (Å²) in [7, 11) is 1.63. The molecule has 3 atom stereocenters. The number of methoxy groups -OCH3 is 1. The van der Waals surface area contributed by atoms with E-state index in [9.17, 15) is 5.11 Å². The van der Waals surface area contributed by atoms with Crippen LogP contribution in [0.2, 0.25) is 0 Å². The molecule has 5 heteroatoms. The highest BCUT2D eigenvalue weighted by atomic mass is 16.7. The molecule has 0 bridgehead atoms. The zero-order chi connectivity index (χ0) is 15.4. The van der Waals surface area contributed by atoms with Gasteiger partial charge in [0, 0.05) is 13.0 Å². The van der Waals surface area contributed by atoms with Gasteiger partial charge in [-0.2, -0.15) is 0 Å². The number of oxime groups is 1. The van der Waals surface area contributed by atoms with Gasteiger partial charge in [-0.15, -0.1) is 0 Å². The molecule has 0 radical (unpaired) electrons. The largest absolute Gasteiger partial charge is 0.392 e. The second kappa shape index (κ2) is 12.1. The topological polar surface area (TPSA) is 60.3 Å². The van der Waals surface area contributed by atoms with E-state index in [0.29, 0.717) is 25.6 Å². The molecule has 120 valence electrons. The van der Waals surface area contributed by atoms with Crippen molar-refractivity contribution in [3.8, 4) is 0 Å². The van der Waals surface area contributed by atoms with Crippen LogP contribution < -0.4 is 0 Å². The summed E-state index contributed by atoms with van der Waals surface area (Å²) in [4.78, 5) is 5.22. The van der Waals surface area contributed by atoms with Gasteiger partial charge in [0.25, 0.3) is 0 Å². The van der Waals surface area contributed by atoms with Crippen LogP contribution in [0.3, 0.4) is 0 Å². The number of nitrogens with zero attached hydrogens (tertiary/aromatic N) is 1. The maximum absolute atomic E-state index is 10.0. The molecule has 20 heavy (non-hydrogen) atoms. The van der Waals surface area contributed by atoms with E-state index < -0.39 is 0 Å². The second-order valence-corrected chi connectivity index (χ2v) is 5.12. The first kappa shape index (κ1) is 19.4. The van der Waals surface area contributed by atoms with Gasteiger partial charge in [-0.05, 0) is 18.8 Å². The third kappa shape index (κ3) is 7.82. The lowest BCUT2D eigenvalue weighted by molar-refractivity contribution is -0.0655. The molecular weight excluding hydrogens is 258 g/mol. The highest BCUT2D eigenvalue weighted by molar-refractivity contribution is 5.88. The monoisotopic (exact) mass is 289 g/mol. The van der Waals surface area contributed by atoms with Crippen LogP contribution in [0.5, 0.6) is 0 Å². The van der Waals surface area contributed by atoms with Gasteiger partial charge in [0.2, 0.25) is 6.79 Å². The van der Waals surface area contributed by atoms with Crippen molar-refractivity contribution in [1.29, 1.82) is 0 Å². The Hall–Kier alpha value is -0.650. The molecular formula is C15H31NO4. The van der Waals surface area contributed by atoms with Crippen LogP contribution in [-0.2, 0) is 14.3 Å². The summed E-state index contributed by atoms with van der Waals surface area (Å²) in [5, 5.41) is 14.2. The van der Waals surface area contributed by atoms with Crippen molar-refractivity contribution < 1.29 is 19.4 Å². The first-order chi connectivity index (χ1) is 9.58. The molecule has 0 aromatic rings. The fraction of sp³-hybridized carbons (Fsp3) is 0.933. The van der Waals surface area contributed by atoms with Crippen molar-refractivity contribution in [3.05, 3.63) is 0 Å². The molecule has 0 aliphatic carbocycles. The maximum atomic E-state index is 10.0. The fourth-order valence-corrected chi connectivity index (χ4v) is 2.09. The van der Waals surface area contributed by atoms with Crippen LogP contribution in [0.1, 0.15) is 47.0 Å². The Labute approximate surface area is 123 Å². The molecule has 0 aromatic carbocycles. The first-order valence-electron chi connectivity index (χ1n) is 7.52. The van der Waals surface area contributed by atoms with E-state index in [0.717, 1.165) is 18.6 Å². The number of rotatable bonds is 12. The fourth-order valence-electron chi connectivity index (χ4n) is 2.09. The summed E-state index contributed by atoms with van der Waals surface area (Å²) in [5.41, 5.74) is 0.913. The van der Waals surface area contributed by atoms with Gasteiger partial charge in [0.15, 0.2) is 0 Å². The van der Waals surface area contributed by atoms with Gasteiger partial charge in [0.1, 0.15) is 0 Å². The Morgan fingerprint density at radius 3 is 2.45 bits per heavy atom. The van der Waals surface area contributed by atoms with E-state index in [4.69, 9.17) is 14.3 Å². The van der Waals surface area contributed by atoms with Crippen molar-refractivity contribution in [2.75, 3.05) is 27.1 Å². The van der Waals surface area contributed by atoms with Crippen molar-refractivity contribution in [1.82, 2.24) is 0 Å². The summed E-state index contributed by atoms with van der Waals surface area (Å²) < 4.78 is 10.1. The molecule has 0 aromatic heterocycles. The third-order valence-electron chi connectivity index (χ3n) is 3.43. The SMILES string of the molecule is CCC[C@@H](C)/C(=N\OCOCCOC)[C@H](C)[C@@H](O)CC. The lowest BCUT2D eigenvalue weighted by atomic mass is 9.87. The molecule has 0 saturated heterocycles. The van der Waals surface area contributed by atoms with E-state index in [1.165, 1.54) is 0 Å². The van der Waals surface area contributed by atoms with Crippen LogP contribution in [0.15, 0.2) is 5.16 Å². The molecule has 0 saturated carbocycles. The quantitative estimate of drug-likeness (QED) is 0.260. The minimum Gasteiger partial charge on any atom is -0.392 e. The van der Waals surface area contributed by atoms with Crippen LogP contribution in [0.25, 0.3) is 0 Å². The summed E-state index contributed by atoms with van der Waals surface area (Å²) >= 11 is 0. The zero-order valence-electron chi connectivity index (χ0n) is 13.6. The molecule has 0 heterocycles. The van der Waals surface area contributed by atoms with Crippen LogP contribution in [0.4, 0.5) is 0 Å². The van der Waals surface area contributed by atoms with Crippen molar-refractivity contribution in [2.24, 2.45) is 17.0 Å². The normalized spacial score (nSPS) is 16.8. The van der Waals surface area contributed by atoms with Crippen molar-refractivity contribution in [3.63, 3.8) is 0 Å². The highest BCUT2D eigenvalue weighted by Gasteiger charge is 2.23. The number of aliphatic hydroxyl groups is 1. The van der Waals surface area contributed by atoms with Gasteiger partial charge in [-0.1, -0.05) is 39.3 Å². The molecule has 0 rings (SSSR count). The standard InChI is InChI=1S/C15H31NO4/c1-6-8-12(3)15(13(4)14(17)7-2)16-20-11-19-10-9-18-5/h12-14,17H,6-11H2,1-5H3/b16-15+/t12-,13-,14+/m1/s1. The molecule has 5 nitrogen and oxygen atoms in total. The second-order valence-electron chi connectivity index (χ2n) is 5.12. The number of aliphatic hydroxyl groups excluding tert-OH is 1. The summed E-state index contributed by atoms with van der Waals surface area (Å²) in [5.74, 6) is 0.302. The minimum atomic E-state index is -0.383. The van der Waals surface area contributed by atoms with Gasteiger partial charge >= 0.3 is 0 Å². The summed E-state index contributed by atoms with van der Waals surface area (Å²) in [6.07, 6.45) is 2.45. The lowest BCUT2D eigenvalue weighted by Gasteiger charge is -2.23. The predicted octanol–water partition coefficient (Wildman–Crippen LogP) is 2.82. The van der Waals surface area contributed by atoms with E-state index in [-0.39, 0.29) is 18.8 Å². The molecule has 0 spiro atoms. The van der Waals surface area contributed by atoms with Crippen LogP contribution in [0, 0.1) is 11.8 Å². The van der Waals surface area contributed by atoms with Crippen molar-refractivity contribution >= 4 is 5.71 Å². The first-order valence-corrected chi connectivity index (χ1v) is 7.52. The molecule has 0 unspecified atom stereocenters. The van der Waals surface area contributed by atoms with Crippen LogP contribution >= 0.6 is 0 Å². The van der Waals surface area contributed by atoms with E-state index in [2.05, 4.69) is 19.0 Å².